The fourth-order valence-electron chi connectivity index (χ4n) is 1.54. The van der Waals surface area contributed by atoms with Gasteiger partial charge in [-0.15, -0.1) is 0 Å². The molecule has 0 bridgehead atoms. The fourth-order valence-corrected chi connectivity index (χ4v) is 1.54. The normalized spacial score (nSPS) is 9.95. The Morgan fingerprint density at radius 3 is 2.84 bits per heavy atom. The lowest BCUT2D eigenvalue weighted by molar-refractivity contribution is 0.0697. The van der Waals surface area contributed by atoms with Crippen molar-refractivity contribution in [1.82, 2.24) is 9.97 Å². The Bertz CT molecular complexity index is 570. The number of rotatable bonds is 5. The van der Waals surface area contributed by atoms with Crippen LogP contribution in [0.4, 0.5) is 5.82 Å². The molecular formula is C13H13N3O3. The van der Waals surface area contributed by atoms with Gasteiger partial charge in [0.2, 0.25) is 5.88 Å². The Morgan fingerprint density at radius 1 is 1.37 bits per heavy atom. The molecule has 19 heavy (non-hydrogen) atoms. The van der Waals surface area contributed by atoms with Crippen LogP contribution in [0, 0.1) is 0 Å². The summed E-state index contributed by atoms with van der Waals surface area (Å²) in [4.78, 5) is 19.1. The van der Waals surface area contributed by atoms with Crippen molar-refractivity contribution in [2.45, 2.75) is 6.54 Å². The zero-order valence-corrected chi connectivity index (χ0v) is 10.3. The summed E-state index contributed by atoms with van der Waals surface area (Å²) in [6.07, 6.45) is 3.20. The minimum Gasteiger partial charge on any atom is -0.481 e. The first-order valence-electron chi connectivity index (χ1n) is 5.62. The molecule has 2 aromatic rings. The van der Waals surface area contributed by atoms with Crippen LogP contribution in [0.25, 0.3) is 0 Å². The number of hydrogen-bond acceptors (Lipinski definition) is 5. The molecule has 0 aromatic carbocycles. The quantitative estimate of drug-likeness (QED) is 0.851. The highest BCUT2D eigenvalue weighted by Crippen LogP contribution is 2.13. The Morgan fingerprint density at radius 2 is 2.21 bits per heavy atom. The highest BCUT2D eigenvalue weighted by atomic mass is 16.5. The van der Waals surface area contributed by atoms with Gasteiger partial charge in [0.05, 0.1) is 7.11 Å². The molecule has 6 heteroatoms. The number of ether oxygens (including phenoxy) is 1. The lowest BCUT2D eigenvalue weighted by Gasteiger charge is -2.08. The van der Waals surface area contributed by atoms with Crippen molar-refractivity contribution < 1.29 is 14.6 Å². The Balaban J connectivity index is 2.07. The van der Waals surface area contributed by atoms with Gasteiger partial charge in [-0.05, 0) is 17.7 Å². The van der Waals surface area contributed by atoms with E-state index in [1.54, 1.807) is 31.6 Å². The molecule has 0 aliphatic carbocycles. The molecule has 0 atom stereocenters. The van der Waals surface area contributed by atoms with Crippen molar-refractivity contribution in [3.05, 3.63) is 47.8 Å². The summed E-state index contributed by atoms with van der Waals surface area (Å²) in [5, 5.41) is 12.0. The molecule has 0 radical (unpaired) electrons. The van der Waals surface area contributed by atoms with E-state index in [0.717, 1.165) is 5.56 Å². The van der Waals surface area contributed by atoms with Crippen LogP contribution in [0.3, 0.4) is 0 Å². The van der Waals surface area contributed by atoms with Gasteiger partial charge in [0.25, 0.3) is 0 Å². The van der Waals surface area contributed by atoms with Gasteiger partial charge in [0, 0.05) is 25.0 Å². The third kappa shape index (κ3) is 3.19. The number of aromatic nitrogens is 2. The number of pyridine rings is 2. The number of carbonyl (C=O) groups is 1. The molecule has 0 saturated heterocycles. The van der Waals surface area contributed by atoms with Crippen molar-refractivity contribution in [2.75, 3.05) is 12.4 Å². The maximum atomic E-state index is 11.0. The van der Waals surface area contributed by atoms with Crippen LogP contribution in [-0.2, 0) is 6.54 Å². The van der Waals surface area contributed by atoms with E-state index in [2.05, 4.69) is 15.3 Å². The minimum absolute atomic E-state index is 0.143. The summed E-state index contributed by atoms with van der Waals surface area (Å²) >= 11 is 0. The van der Waals surface area contributed by atoms with E-state index in [9.17, 15) is 4.79 Å². The Hall–Kier alpha value is -2.63. The molecule has 2 aromatic heterocycles. The van der Waals surface area contributed by atoms with Crippen molar-refractivity contribution in [3.63, 3.8) is 0 Å². The molecule has 0 fully saturated rings. The average Bonchev–Trinajstić information content (AvgIpc) is 2.46. The monoisotopic (exact) mass is 259 g/mol. The minimum atomic E-state index is -1.01. The zero-order valence-electron chi connectivity index (χ0n) is 10.3. The van der Waals surface area contributed by atoms with E-state index in [-0.39, 0.29) is 5.56 Å². The van der Waals surface area contributed by atoms with Crippen LogP contribution >= 0.6 is 0 Å². The van der Waals surface area contributed by atoms with Crippen LogP contribution in [0.2, 0.25) is 0 Å². The Labute approximate surface area is 110 Å². The molecular weight excluding hydrogens is 246 g/mol. The van der Waals surface area contributed by atoms with Gasteiger partial charge >= 0.3 is 5.97 Å². The zero-order chi connectivity index (χ0) is 13.7. The number of anilines is 1. The molecule has 2 N–H and O–H groups in total. The number of methoxy groups -OCH3 is 1. The van der Waals surface area contributed by atoms with E-state index in [4.69, 9.17) is 9.84 Å². The molecule has 0 aliphatic heterocycles. The number of nitrogens with one attached hydrogen (secondary N) is 1. The molecule has 2 heterocycles. The first kappa shape index (κ1) is 12.8. The highest BCUT2D eigenvalue weighted by Gasteiger charge is 2.09. The van der Waals surface area contributed by atoms with Crippen LogP contribution < -0.4 is 10.1 Å². The third-order valence-corrected chi connectivity index (χ3v) is 2.50. The third-order valence-electron chi connectivity index (χ3n) is 2.50. The number of nitrogens with zero attached hydrogens (tertiary/aromatic N) is 2. The van der Waals surface area contributed by atoms with Gasteiger partial charge in [0.15, 0.2) is 0 Å². The summed E-state index contributed by atoms with van der Waals surface area (Å²) in [7, 11) is 1.55. The topological polar surface area (TPSA) is 84.3 Å². The average molecular weight is 259 g/mol. The maximum absolute atomic E-state index is 11.0. The summed E-state index contributed by atoms with van der Waals surface area (Å²) in [6, 6.07) is 6.68. The Kier molecular flexibility index (Phi) is 3.92. The first-order chi connectivity index (χ1) is 9.20. The molecule has 0 saturated carbocycles. The van der Waals surface area contributed by atoms with E-state index >= 15 is 0 Å². The summed E-state index contributed by atoms with van der Waals surface area (Å²) in [5.74, 6) is -0.137. The van der Waals surface area contributed by atoms with E-state index in [0.29, 0.717) is 18.2 Å². The molecule has 98 valence electrons. The summed E-state index contributed by atoms with van der Waals surface area (Å²) in [6.45, 7) is 0.439. The SMILES string of the molecule is COc1ccc(CNc2ncccc2C(=O)O)cn1. The van der Waals surface area contributed by atoms with Crippen LogP contribution in [-0.4, -0.2) is 28.2 Å². The van der Waals surface area contributed by atoms with Gasteiger partial charge in [-0.25, -0.2) is 14.8 Å². The molecule has 0 aliphatic rings. The summed E-state index contributed by atoms with van der Waals surface area (Å²) < 4.78 is 4.96. The number of aromatic carboxylic acids is 1. The van der Waals surface area contributed by atoms with Gasteiger partial charge in [-0.3, -0.25) is 0 Å². The van der Waals surface area contributed by atoms with Crippen LogP contribution in [0.1, 0.15) is 15.9 Å². The van der Waals surface area contributed by atoms with Crippen LogP contribution in [0.5, 0.6) is 5.88 Å². The first-order valence-corrected chi connectivity index (χ1v) is 5.62. The molecule has 6 nitrogen and oxygen atoms in total. The molecule has 0 amide bonds. The number of carboxylic acids is 1. The smallest absolute Gasteiger partial charge is 0.339 e. The second-order valence-corrected chi connectivity index (χ2v) is 3.77. The lowest BCUT2D eigenvalue weighted by Crippen LogP contribution is -2.08. The van der Waals surface area contributed by atoms with E-state index < -0.39 is 5.97 Å². The van der Waals surface area contributed by atoms with Gasteiger partial charge in [-0.1, -0.05) is 6.07 Å². The second kappa shape index (κ2) is 5.81. The van der Waals surface area contributed by atoms with Crippen LogP contribution in [0.15, 0.2) is 36.7 Å². The van der Waals surface area contributed by atoms with Crippen molar-refractivity contribution >= 4 is 11.8 Å². The van der Waals surface area contributed by atoms with Crippen molar-refractivity contribution in [1.29, 1.82) is 0 Å². The number of carboxylic acid groups (broad SMARTS) is 1. The van der Waals surface area contributed by atoms with Crippen molar-refractivity contribution in [2.24, 2.45) is 0 Å². The predicted molar refractivity (Wildman–Crippen MR) is 69.3 cm³/mol. The largest absolute Gasteiger partial charge is 0.481 e. The fraction of sp³-hybridized carbons (Fsp3) is 0.154. The number of hydrogen-bond donors (Lipinski definition) is 2. The maximum Gasteiger partial charge on any atom is 0.339 e. The molecule has 2 rings (SSSR count). The lowest BCUT2D eigenvalue weighted by atomic mass is 10.2. The van der Waals surface area contributed by atoms with E-state index in [1.165, 1.54) is 6.07 Å². The second-order valence-electron chi connectivity index (χ2n) is 3.77. The molecule has 0 spiro atoms. The van der Waals surface area contributed by atoms with E-state index in [1.807, 2.05) is 6.07 Å². The van der Waals surface area contributed by atoms with Gasteiger partial charge in [-0.2, -0.15) is 0 Å². The van der Waals surface area contributed by atoms with Gasteiger partial charge in [0.1, 0.15) is 11.4 Å². The molecule has 0 unspecified atom stereocenters. The predicted octanol–water partition coefficient (Wildman–Crippen LogP) is 1.80. The van der Waals surface area contributed by atoms with Gasteiger partial charge < -0.3 is 15.2 Å². The van der Waals surface area contributed by atoms with Crippen molar-refractivity contribution in [3.8, 4) is 5.88 Å². The summed E-state index contributed by atoms with van der Waals surface area (Å²) in [5.41, 5.74) is 1.05. The highest BCUT2D eigenvalue weighted by molar-refractivity contribution is 5.92. The standard InChI is InChI=1S/C13H13N3O3/c1-19-11-5-4-9(7-15-11)8-16-12-10(13(17)18)3-2-6-14-12/h2-7H,8H2,1H3,(H,14,16)(H,17,18).